The third-order valence-corrected chi connectivity index (χ3v) is 2.00. The molecule has 4 heteroatoms. The fourth-order valence-corrected chi connectivity index (χ4v) is 1.33. The summed E-state index contributed by atoms with van der Waals surface area (Å²) >= 11 is 5.58. The first-order valence-corrected chi connectivity index (χ1v) is 4.16. The van der Waals surface area contributed by atoms with Crippen LogP contribution in [0.2, 0.25) is 0 Å². The first-order valence-electron chi connectivity index (χ1n) is 3.72. The van der Waals surface area contributed by atoms with Gasteiger partial charge in [-0.15, -0.1) is 11.6 Å². The van der Waals surface area contributed by atoms with Crippen LogP contribution in [0.25, 0.3) is 0 Å². The maximum Gasteiger partial charge on any atom is 0.240 e. The summed E-state index contributed by atoms with van der Waals surface area (Å²) in [4.78, 5) is 12.8. The lowest BCUT2D eigenvalue weighted by Gasteiger charge is -2.16. The fourth-order valence-electron chi connectivity index (χ4n) is 1.19. The second kappa shape index (κ2) is 3.41. The average molecular weight is 178 g/mol. The number of carbonyl (C=O) groups excluding carboxylic acids is 1. The van der Waals surface area contributed by atoms with Crippen molar-refractivity contribution in [1.82, 2.24) is 4.90 Å². The molecule has 11 heavy (non-hydrogen) atoms. The predicted molar refractivity (Wildman–Crippen MR) is 42.5 cm³/mol. The first kappa shape index (κ1) is 8.81. The van der Waals surface area contributed by atoms with Crippen LogP contribution >= 0.6 is 11.6 Å². The Morgan fingerprint density at radius 3 is 2.82 bits per heavy atom. The third-order valence-electron chi connectivity index (χ3n) is 1.82. The van der Waals surface area contributed by atoms with Crippen molar-refractivity contribution in [2.45, 2.75) is 24.8 Å². The second-order valence-corrected chi connectivity index (χ2v) is 3.50. The molecule has 0 radical (unpaired) electrons. The molecule has 0 aromatic carbocycles. The smallest absolute Gasteiger partial charge is 0.240 e. The number of β-amino-alcohol motifs (C(OH)–C–C–N with tert-alkyl or cyclic N) is 1. The number of amides is 1. The zero-order chi connectivity index (χ0) is 8.43. The number of alkyl halides is 1. The van der Waals surface area contributed by atoms with E-state index in [-0.39, 0.29) is 12.0 Å². The summed E-state index contributed by atoms with van der Waals surface area (Å²) in [6.45, 7) is 2.72. The van der Waals surface area contributed by atoms with Crippen molar-refractivity contribution >= 4 is 17.5 Å². The molecule has 1 aliphatic rings. The zero-order valence-electron chi connectivity index (χ0n) is 6.46. The molecule has 0 bridgehead atoms. The van der Waals surface area contributed by atoms with Gasteiger partial charge in [-0.2, -0.15) is 0 Å². The number of aliphatic hydroxyl groups excluding tert-OH is 1. The van der Waals surface area contributed by atoms with Crippen molar-refractivity contribution in [2.24, 2.45) is 0 Å². The molecule has 2 atom stereocenters. The van der Waals surface area contributed by atoms with E-state index in [9.17, 15) is 4.79 Å². The summed E-state index contributed by atoms with van der Waals surface area (Å²) in [5, 5.41) is 8.62. The molecule has 0 spiro atoms. The molecule has 0 saturated carbocycles. The van der Waals surface area contributed by atoms with Crippen LogP contribution in [-0.2, 0) is 4.79 Å². The van der Waals surface area contributed by atoms with Crippen LogP contribution in [-0.4, -0.2) is 40.5 Å². The van der Waals surface area contributed by atoms with Crippen LogP contribution in [0.1, 0.15) is 13.3 Å². The van der Waals surface area contributed by atoms with E-state index in [0.29, 0.717) is 19.5 Å². The van der Waals surface area contributed by atoms with Crippen LogP contribution in [0.5, 0.6) is 0 Å². The highest BCUT2D eigenvalue weighted by atomic mass is 35.5. The van der Waals surface area contributed by atoms with E-state index in [4.69, 9.17) is 16.7 Å². The normalized spacial score (nSPS) is 27.2. The Morgan fingerprint density at radius 1 is 1.82 bits per heavy atom. The minimum absolute atomic E-state index is 0.0804. The lowest BCUT2D eigenvalue weighted by molar-refractivity contribution is -0.129. The van der Waals surface area contributed by atoms with Crippen molar-refractivity contribution in [3.63, 3.8) is 0 Å². The van der Waals surface area contributed by atoms with Gasteiger partial charge in [0.25, 0.3) is 0 Å². The Bertz CT molecular complexity index is 161. The number of halogens is 1. The molecule has 0 unspecified atom stereocenters. The van der Waals surface area contributed by atoms with Crippen molar-refractivity contribution in [3.05, 3.63) is 0 Å². The van der Waals surface area contributed by atoms with E-state index in [1.165, 1.54) is 0 Å². The van der Waals surface area contributed by atoms with Gasteiger partial charge < -0.3 is 10.0 Å². The van der Waals surface area contributed by atoms with Gasteiger partial charge >= 0.3 is 0 Å². The van der Waals surface area contributed by atoms with Crippen LogP contribution in [0.3, 0.4) is 0 Å². The number of carbonyl (C=O) groups is 1. The van der Waals surface area contributed by atoms with E-state index in [2.05, 4.69) is 0 Å². The number of rotatable bonds is 1. The molecule has 3 nitrogen and oxygen atoms in total. The standard InChI is InChI=1S/C7H12ClNO2/c1-5(8)7(11)9-3-2-6(10)4-9/h5-6,10H,2-4H2,1H3/t5-,6+/m0/s1. The molecular formula is C7H12ClNO2. The second-order valence-electron chi connectivity index (χ2n) is 2.84. The van der Waals surface area contributed by atoms with Gasteiger partial charge in [0.05, 0.1) is 6.10 Å². The van der Waals surface area contributed by atoms with Gasteiger partial charge in [0.1, 0.15) is 5.38 Å². The van der Waals surface area contributed by atoms with Crippen molar-refractivity contribution in [2.75, 3.05) is 13.1 Å². The van der Waals surface area contributed by atoms with E-state index in [1.807, 2.05) is 0 Å². The number of likely N-dealkylation sites (tertiary alicyclic amines) is 1. The number of nitrogens with zero attached hydrogens (tertiary/aromatic N) is 1. The third kappa shape index (κ3) is 2.07. The Kier molecular flexibility index (Phi) is 2.73. The van der Waals surface area contributed by atoms with Gasteiger partial charge in [-0.1, -0.05) is 0 Å². The highest BCUT2D eigenvalue weighted by Gasteiger charge is 2.26. The molecule has 1 amide bonds. The maximum absolute atomic E-state index is 11.2. The summed E-state index contributed by atoms with van der Waals surface area (Å²) in [6, 6.07) is 0. The van der Waals surface area contributed by atoms with Gasteiger partial charge in [-0.25, -0.2) is 0 Å². The predicted octanol–water partition coefficient (Wildman–Crippen LogP) is 0.207. The van der Waals surface area contributed by atoms with Crippen LogP contribution in [0, 0.1) is 0 Å². The summed E-state index contributed by atoms with van der Waals surface area (Å²) in [6.07, 6.45) is 0.324. The number of hydrogen-bond donors (Lipinski definition) is 1. The minimum atomic E-state index is -0.472. The molecule has 1 rings (SSSR count). The highest BCUT2D eigenvalue weighted by molar-refractivity contribution is 6.30. The van der Waals surface area contributed by atoms with Gasteiger partial charge in [-0.3, -0.25) is 4.79 Å². The molecular weight excluding hydrogens is 166 g/mol. The summed E-state index contributed by atoms with van der Waals surface area (Å²) in [7, 11) is 0. The van der Waals surface area contributed by atoms with Crippen molar-refractivity contribution in [1.29, 1.82) is 0 Å². The number of hydrogen-bond acceptors (Lipinski definition) is 2. The van der Waals surface area contributed by atoms with Crippen LogP contribution < -0.4 is 0 Å². The van der Waals surface area contributed by atoms with Gasteiger partial charge in [0.15, 0.2) is 0 Å². The van der Waals surface area contributed by atoms with Crippen molar-refractivity contribution in [3.8, 4) is 0 Å². The van der Waals surface area contributed by atoms with Crippen LogP contribution in [0.15, 0.2) is 0 Å². The Balaban J connectivity index is 2.43. The molecule has 64 valence electrons. The molecule has 1 saturated heterocycles. The Labute approximate surface area is 70.9 Å². The summed E-state index contributed by atoms with van der Waals surface area (Å²) in [5.74, 6) is -0.0804. The molecule has 0 aliphatic carbocycles. The van der Waals surface area contributed by atoms with Gasteiger partial charge in [0, 0.05) is 13.1 Å². The molecule has 1 N–H and O–H groups in total. The lowest BCUT2D eigenvalue weighted by Crippen LogP contribution is -2.34. The molecule has 1 aliphatic heterocycles. The van der Waals surface area contributed by atoms with Crippen LogP contribution in [0.4, 0.5) is 0 Å². The summed E-state index contributed by atoms with van der Waals surface area (Å²) < 4.78 is 0. The van der Waals surface area contributed by atoms with Crippen molar-refractivity contribution < 1.29 is 9.90 Å². The SMILES string of the molecule is C[C@H](Cl)C(=O)N1CC[C@@H](O)C1. The highest BCUT2D eigenvalue weighted by Crippen LogP contribution is 2.11. The topological polar surface area (TPSA) is 40.5 Å². The molecule has 0 aromatic rings. The van der Waals surface area contributed by atoms with Gasteiger partial charge in [0.2, 0.25) is 5.91 Å². The largest absolute Gasteiger partial charge is 0.391 e. The molecule has 1 fully saturated rings. The quantitative estimate of drug-likeness (QED) is 0.582. The monoisotopic (exact) mass is 177 g/mol. The first-order chi connectivity index (χ1) is 5.11. The van der Waals surface area contributed by atoms with E-state index >= 15 is 0 Å². The van der Waals surface area contributed by atoms with E-state index in [1.54, 1.807) is 11.8 Å². The number of aliphatic hydroxyl groups is 1. The lowest BCUT2D eigenvalue weighted by atomic mass is 10.3. The molecule has 1 heterocycles. The van der Waals surface area contributed by atoms with E-state index < -0.39 is 5.38 Å². The Morgan fingerprint density at radius 2 is 2.45 bits per heavy atom. The minimum Gasteiger partial charge on any atom is -0.391 e. The fraction of sp³-hybridized carbons (Fsp3) is 0.857. The zero-order valence-corrected chi connectivity index (χ0v) is 7.21. The average Bonchev–Trinajstić information content (AvgIpc) is 2.34. The molecule has 0 aromatic heterocycles. The van der Waals surface area contributed by atoms with Gasteiger partial charge in [-0.05, 0) is 13.3 Å². The maximum atomic E-state index is 11.2. The summed E-state index contributed by atoms with van der Waals surface area (Å²) in [5.41, 5.74) is 0. The Hall–Kier alpha value is -0.280. The van der Waals surface area contributed by atoms with E-state index in [0.717, 1.165) is 0 Å².